The third-order valence-electron chi connectivity index (χ3n) is 6.68. The van der Waals surface area contributed by atoms with E-state index in [2.05, 4.69) is 6.92 Å². The van der Waals surface area contributed by atoms with Crippen LogP contribution < -0.4 is 0 Å². The molecular formula is C21H33F. The van der Waals surface area contributed by atoms with Gasteiger partial charge in [0, 0.05) is 6.42 Å². The van der Waals surface area contributed by atoms with Crippen molar-refractivity contribution in [2.45, 2.75) is 84.0 Å². The van der Waals surface area contributed by atoms with Crippen LogP contribution in [-0.4, -0.2) is 0 Å². The predicted octanol–water partition coefficient (Wildman–Crippen LogP) is 6.97. The molecule has 3 aliphatic rings. The van der Waals surface area contributed by atoms with Gasteiger partial charge in [0.05, 0.1) is 0 Å². The molecule has 0 aromatic carbocycles. The summed E-state index contributed by atoms with van der Waals surface area (Å²) in [7, 11) is 0. The average molecular weight is 304 g/mol. The fourth-order valence-electron chi connectivity index (χ4n) is 4.96. The maximum absolute atomic E-state index is 13.0. The molecule has 3 rings (SSSR count). The Hall–Kier alpha value is -0.590. The van der Waals surface area contributed by atoms with E-state index in [0.717, 1.165) is 30.1 Å². The number of hydrogen-bond donors (Lipinski definition) is 0. The van der Waals surface area contributed by atoms with Crippen LogP contribution in [0.4, 0.5) is 4.39 Å². The first-order chi connectivity index (χ1) is 10.7. The van der Waals surface area contributed by atoms with E-state index >= 15 is 0 Å². The SMILES string of the molecule is CC1CCC(C2CCC(CCC3=CC=C(F)CC3)CC2)CC1. The van der Waals surface area contributed by atoms with Gasteiger partial charge in [0.1, 0.15) is 5.83 Å². The van der Waals surface area contributed by atoms with E-state index in [1.165, 1.54) is 69.8 Å². The largest absolute Gasteiger partial charge is 0.212 e. The maximum atomic E-state index is 13.0. The van der Waals surface area contributed by atoms with E-state index in [-0.39, 0.29) is 5.83 Å². The molecule has 0 aliphatic heterocycles. The zero-order valence-electron chi connectivity index (χ0n) is 14.3. The highest BCUT2D eigenvalue weighted by Gasteiger charge is 2.29. The molecule has 0 amide bonds. The molecule has 0 radical (unpaired) electrons. The normalized spacial score (nSPS) is 36.6. The van der Waals surface area contributed by atoms with Crippen molar-refractivity contribution in [2.75, 3.05) is 0 Å². The highest BCUT2D eigenvalue weighted by molar-refractivity contribution is 5.20. The first kappa shape index (κ1) is 16.3. The standard InChI is InChI=1S/C21H33F/c1-16-2-10-19(11-3-16)20-12-6-17(7-13-20)4-5-18-8-14-21(22)15-9-18/h8,14,16-17,19-20H,2-7,9-13,15H2,1H3. The average Bonchev–Trinajstić information content (AvgIpc) is 2.56. The summed E-state index contributed by atoms with van der Waals surface area (Å²) < 4.78 is 13.0. The lowest BCUT2D eigenvalue weighted by Gasteiger charge is -2.37. The monoisotopic (exact) mass is 304 g/mol. The molecule has 1 heteroatoms. The quantitative estimate of drug-likeness (QED) is 0.526. The molecule has 22 heavy (non-hydrogen) atoms. The van der Waals surface area contributed by atoms with Gasteiger partial charge in [0.2, 0.25) is 0 Å². The zero-order chi connectivity index (χ0) is 15.4. The second kappa shape index (κ2) is 7.79. The second-order valence-corrected chi connectivity index (χ2v) is 8.28. The molecule has 0 nitrogen and oxygen atoms in total. The maximum Gasteiger partial charge on any atom is 0.100 e. The van der Waals surface area contributed by atoms with E-state index in [1.54, 1.807) is 6.08 Å². The van der Waals surface area contributed by atoms with Crippen molar-refractivity contribution in [3.05, 3.63) is 23.6 Å². The summed E-state index contributed by atoms with van der Waals surface area (Å²) in [5.41, 5.74) is 1.48. The lowest BCUT2D eigenvalue weighted by Crippen LogP contribution is -2.25. The Balaban J connectivity index is 1.37. The highest BCUT2D eigenvalue weighted by Crippen LogP contribution is 2.42. The van der Waals surface area contributed by atoms with Gasteiger partial charge in [-0.05, 0) is 74.7 Å². The summed E-state index contributed by atoms with van der Waals surface area (Å²) in [6, 6.07) is 0. The van der Waals surface area contributed by atoms with Crippen molar-refractivity contribution in [3.8, 4) is 0 Å². The van der Waals surface area contributed by atoms with Crippen molar-refractivity contribution in [3.63, 3.8) is 0 Å². The zero-order valence-corrected chi connectivity index (χ0v) is 14.3. The van der Waals surface area contributed by atoms with E-state index in [9.17, 15) is 4.39 Å². The lowest BCUT2D eigenvalue weighted by molar-refractivity contribution is 0.147. The molecule has 3 aliphatic carbocycles. The molecule has 2 saturated carbocycles. The van der Waals surface area contributed by atoms with Crippen LogP contribution in [0, 0.1) is 23.7 Å². The van der Waals surface area contributed by atoms with Crippen molar-refractivity contribution in [1.29, 1.82) is 0 Å². The van der Waals surface area contributed by atoms with E-state index in [0.29, 0.717) is 6.42 Å². The fraction of sp³-hybridized carbons (Fsp3) is 0.810. The van der Waals surface area contributed by atoms with E-state index < -0.39 is 0 Å². The molecular weight excluding hydrogens is 271 g/mol. The van der Waals surface area contributed by atoms with Crippen molar-refractivity contribution in [2.24, 2.45) is 23.7 Å². The van der Waals surface area contributed by atoms with E-state index in [1.807, 2.05) is 6.08 Å². The Morgan fingerprint density at radius 2 is 1.50 bits per heavy atom. The van der Waals surface area contributed by atoms with Crippen molar-refractivity contribution >= 4 is 0 Å². The summed E-state index contributed by atoms with van der Waals surface area (Å²) in [4.78, 5) is 0. The summed E-state index contributed by atoms with van der Waals surface area (Å²) in [6.07, 6.45) is 19.7. The van der Waals surface area contributed by atoms with Gasteiger partial charge in [-0.25, -0.2) is 4.39 Å². The Bertz CT molecular complexity index is 404. The third-order valence-corrected chi connectivity index (χ3v) is 6.68. The van der Waals surface area contributed by atoms with Crippen LogP contribution in [0.15, 0.2) is 23.6 Å². The molecule has 0 bridgehead atoms. The molecule has 0 unspecified atom stereocenters. The Morgan fingerprint density at radius 1 is 0.864 bits per heavy atom. The van der Waals surface area contributed by atoms with Crippen molar-refractivity contribution < 1.29 is 4.39 Å². The molecule has 0 heterocycles. The Labute approximate surface area is 136 Å². The molecule has 2 fully saturated rings. The van der Waals surface area contributed by atoms with E-state index in [4.69, 9.17) is 0 Å². The Kier molecular flexibility index (Phi) is 5.77. The van der Waals surface area contributed by atoms with Crippen LogP contribution in [0.25, 0.3) is 0 Å². The van der Waals surface area contributed by atoms with Crippen LogP contribution in [0.1, 0.15) is 84.0 Å². The van der Waals surface area contributed by atoms with Gasteiger partial charge in [0.15, 0.2) is 0 Å². The molecule has 0 atom stereocenters. The number of allylic oxidation sites excluding steroid dienone is 4. The molecule has 0 saturated heterocycles. The molecule has 0 aromatic rings. The van der Waals surface area contributed by atoms with Gasteiger partial charge in [-0.15, -0.1) is 0 Å². The molecule has 0 N–H and O–H groups in total. The van der Waals surface area contributed by atoms with Crippen LogP contribution >= 0.6 is 0 Å². The Morgan fingerprint density at radius 3 is 2.09 bits per heavy atom. The number of hydrogen-bond acceptors (Lipinski definition) is 0. The summed E-state index contributed by atoms with van der Waals surface area (Å²) >= 11 is 0. The minimum absolute atomic E-state index is 0.0612. The first-order valence-corrected chi connectivity index (χ1v) is 9.75. The van der Waals surface area contributed by atoms with Crippen LogP contribution in [-0.2, 0) is 0 Å². The fourth-order valence-corrected chi connectivity index (χ4v) is 4.96. The van der Waals surface area contributed by atoms with Gasteiger partial charge in [-0.3, -0.25) is 0 Å². The van der Waals surface area contributed by atoms with Crippen molar-refractivity contribution in [1.82, 2.24) is 0 Å². The number of rotatable bonds is 4. The summed E-state index contributed by atoms with van der Waals surface area (Å²) in [5.74, 6) is 4.07. The summed E-state index contributed by atoms with van der Waals surface area (Å²) in [5, 5.41) is 0. The molecule has 0 aromatic heterocycles. The van der Waals surface area contributed by atoms with Crippen LogP contribution in [0.5, 0.6) is 0 Å². The first-order valence-electron chi connectivity index (χ1n) is 9.75. The van der Waals surface area contributed by atoms with Gasteiger partial charge < -0.3 is 0 Å². The van der Waals surface area contributed by atoms with Gasteiger partial charge in [-0.1, -0.05) is 44.3 Å². The molecule has 124 valence electrons. The highest BCUT2D eigenvalue weighted by atomic mass is 19.1. The lowest BCUT2D eigenvalue weighted by atomic mass is 9.69. The van der Waals surface area contributed by atoms with Gasteiger partial charge in [-0.2, -0.15) is 0 Å². The smallest absolute Gasteiger partial charge is 0.100 e. The third kappa shape index (κ3) is 4.46. The summed E-state index contributed by atoms with van der Waals surface area (Å²) in [6.45, 7) is 2.42. The second-order valence-electron chi connectivity index (χ2n) is 8.28. The van der Waals surface area contributed by atoms with Crippen LogP contribution in [0.2, 0.25) is 0 Å². The van der Waals surface area contributed by atoms with Gasteiger partial charge in [0.25, 0.3) is 0 Å². The minimum Gasteiger partial charge on any atom is -0.212 e. The topological polar surface area (TPSA) is 0 Å². The minimum atomic E-state index is 0.0612. The predicted molar refractivity (Wildman–Crippen MR) is 92.3 cm³/mol. The number of halogens is 1. The van der Waals surface area contributed by atoms with Crippen LogP contribution in [0.3, 0.4) is 0 Å². The van der Waals surface area contributed by atoms with Gasteiger partial charge >= 0.3 is 0 Å². The molecule has 0 spiro atoms.